The average molecular weight is 383 g/mol. The molecule has 0 radical (unpaired) electrons. The maximum Gasteiger partial charge on any atom is 0.252 e. The first kappa shape index (κ1) is 19.4. The molecule has 0 unspecified atom stereocenters. The zero-order chi connectivity index (χ0) is 19.4. The van der Waals surface area contributed by atoms with Gasteiger partial charge in [0.05, 0.1) is 23.7 Å². The second-order valence-electron chi connectivity index (χ2n) is 6.84. The Morgan fingerprint density at radius 3 is 2.67 bits per heavy atom. The molecule has 3 rings (SSSR count). The van der Waals surface area contributed by atoms with Gasteiger partial charge in [0, 0.05) is 7.05 Å². The number of fused-ring (bicyclic) bond motifs is 1. The van der Waals surface area contributed by atoms with Crippen molar-refractivity contribution in [3.63, 3.8) is 0 Å². The van der Waals surface area contributed by atoms with Crippen LogP contribution in [0.5, 0.6) is 5.75 Å². The molecule has 0 spiro atoms. The summed E-state index contributed by atoms with van der Waals surface area (Å²) in [5.74, 6) is 0.700. The molecule has 0 saturated heterocycles. The van der Waals surface area contributed by atoms with Crippen LogP contribution in [-0.2, 0) is 24.7 Å². The second kappa shape index (κ2) is 8.53. The van der Waals surface area contributed by atoms with Gasteiger partial charge in [0.25, 0.3) is 5.91 Å². The Hall–Kier alpha value is -2.40. The molecule has 1 heterocycles. The molecule has 1 aromatic heterocycles. The number of aromatic nitrogens is 1. The Morgan fingerprint density at radius 2 is 1.96 bits per heavy atom. The summed E-state index contributed by atoms with van der Waals surface area (Å²) in [6.45, 7) is 4.18. The van der Waals surface area contributed by atoms with E-state index in [1.807, 2.05) is 36.7 Å². The third-order valence-electron chi connectivity index (χ3n) is 4.73. The number of unbranched alkanes of at least 4 members (excludes halogenated alkanes) is 1. The standard InChI is InChI=1S/C22H26N2O2S/c1-5-6-7-16-8-10-18-20(13-16)27-22(24(18)3)23-21(25)14-17-9-11-19(26-4)15(2)12-17/h8-13H,5-7,14H2,1-4H3. The Bertz CT molecular complexity index is 1030. The number of rotatable bonds is 6. The second-order valence-corrected chi connectivity index (χ2v) is 7.84. The van der Waals surface area contributed by atoms with Crippen LogP contribution in [0.15, 0.2) is 41.4 Å². The van der Waals surface area contributed by atoms with E-state index in [4.69, 9.17) is 4.74 Å². The fourth-order valence-electron chi connectivity index (χ4n) is 3.19. The number of amides is 1. The zero-order valence-corrected chi connectivity index (χ0v) is 17.2. The van der Waals surface area contributed by atoms with E-state index in [-0.39, 0.29) is 5.91 Å². The van der Waals surface area contributed by atoms with Crippen LogP contribution in [-0.4, -0.2) is 17.6 Å². The number of nitrogens with zero attached hydrogens (tertiary/aromatic N) is 2. The summed E-state index contributed by atoms with van der Waals surface area (Å²) in [4.78, 5) is 17.6. The van der Waals surface area contributed by atoms with Crippen molar-refractivity contribution in [1.82, 2.24) is 4.57 Å². The predicted octanol–water partition coefficient (Wildman–Crippen LogP) is 4.57. The lowest BCUT2D eigenvalue weighted by atomic mass is 10.1. The molecule has 3 aromatic rings. The topological polar surface area (TPSA) is 43.6 Å². The van der Waals surface area contributed by atoms with Crippen molar-refractivity contribution in [2.45, 2.75) is 39.5 Å². The number of carbonyl (C=O) groups is 1. The van der Waals surface area contributed by atoms with Crippen molar-refractivity contribution >= 4 is 27.5 Å². The van der Waals surface area contributed by atoms with Crippen molar-refractivity contribution in [2.24, 2.45) is 12.0 Å². The lowest BCUT2D eigenvalue weighted by Crippen LogP contribution is -2.14. The van der Waals surface area contributed by atoms with Crippen LogP contribution in [0, 0.1) is 6.92 Å². The third kappa shape index (κ3) is 4.48. The van der Waals surface area contributed by atoms with Crippen molar-refractivity contribution in [1.29, 1.82) is 0 Å². The SMILES string of the molecule is CCCCc1ccc2c(c1)sc(=NC(=O)Cc1ccc(OC)c(C)c1)n2C. The van der Waals surface area contributed by atoms with Gasteiger partial charge < -0.3 is 9.30 Å². The van der Waals surface area contributed by atoms with Crippen LogP contribution in [0.2, 0.25) is 0 Å². The lowest BCUT2D eigenvalue weighted by Gasteiger charge is -2.05. The molecule has 0 fully saturated rings. The van der Waals surface area contributed by atoms with Crippen molar-refractivity contribution < 1.29 is 9.53 Å². The number of hydrogen-bond acceptors (Lipinski definition) is 3. The first-order valence-corrected chi connectivity index (χ1v) is 10.1. The average Bonchev–Trinajstić information content (AvgIpc) is 2.95. The zero-order valence-electron chi connectivity index (χ0n) is 16.4. The highest BCUT2D eigenvalue weighted by molar-refractivity contribution is 7.16. The van der Waals surface area contributed by atoms with Crippen LogP contribution in [0.3, 0.4) is 0 Å². The summed E-state index contributed by atoms with van der Waals surface area (Å²) in [7, 11) is 3.62. The fourth-order valence-corrected chi connectivity index (χ4v) is 4.29. The van der Waals surface area contributed by atoms with Gasteiger partial charge in [-0.05, 0) is 54.7 Å². The van der Waals surface area contributed by atoms with E-state index in [1.165, 1.54) is 23.1 Å². The number of aryl methyl sites for hydroxylation is 3. The Morgan fingerprint density at radius 1 is 1.19 bits per heavy atom. The highest BCUT2D eigenvalue weighted by atomic mass is 32.1. The minimum atomic E-state index is -0.132. The summed E-state index contributed by atoms with van der Waals surface area (Å²) in [6.07, 6.45) is 3.77. The number of benzene rings is 2. The Balaban J connectivity index is 1.85. The maximum absolute atomic E-state index is 12.5. The van der Waals surface area contributed by atoms with Gasteiger partial charge in [-0.2, -0.15) is 4.99 Å². The molecule has 0 aliphatic heterocycles. The van der Waals surface area contributed by atoms with E-state index in [0.717, 1.165) is 33.6 Å². The van der Waals surface area contributed by atoms with Gasteiger partial charge in [0.15, 0.2) is 4.80 Å². The van der Waals surface area contributed by atoms with Crippen molar-refractivity contribution in [3.05, 3.63) is 57.9 Å². The highest BCUT2D eigenvalue weighted by Gasteiger charge is 2.08. The molecule has 1 amide bonds. The highest BCUT2D eigenvalue weighted by Crippen LogP contribution is 2.20. The van der Waals surface area contributed by atoms with Gasteiger partial charge in [-0.1, -0.05) is 42.9 Å². The molecular formula is C22H26N2O2S. The van der Waals surface area contributed by atoms with Crippen LogP contribution < -0.4 is 9.54 Å². The first-order chi connectivity index (χ1) is 13.0. The fraction of sp³-hybridized carbons (Fsp3) is 0.364. The molecule has 0 aliphatic rings. The summed E-state index contributed by atoms with van der Waals surface area (Å²) >= 11 is 1.58. The van der Waals surface area contributed by atoms with E-state index in [0.29, 0.717) is 6.42 Å². The van der Waals surface area contributed by atoms with Gasteiger partial charge >= 0.3 is 0 Å². The van der Waals surface area contributed by atoms with Gasteiger partial charge in [-0.3, -0.25) is 4.79 Å². The molecule has 27 heavy (non-hydrogen) atoms. The first-order valence-electron chi connectivity index (χ1n) is 9.31. The summed E-state index contributed by atoms with van der Waals surface area (Å²) < 4.78 is 8.45. The molecule has 5 heteroatoms. The van der Waals surface area contributed by atoms with Gasteiger partial charge in [-0.15, -0.1) is 0 Å². The quantitative estimate of drug-likeness (QED) is 0.627. The number of thiazole rings is 1. The summed E-state index contributed by atoms with van der Waals surface area (Å²) in [5, 5.41) is 0. The number of methoxy groups -OCH3 is 1. The number of hydrogen-bond donors (Lipinski definition) is 0. The van der Waals surface area contributed by atoms with Crippen molar-refractivity contribution in [3.8, 4) is 5.75 Å². The number of carbonyl (C=O) groups excluding carboxylic acids is 1. The molecule has 2 aromatic carbocycles. The van der Waals surface area contributed by atoms with Gasteiger partial charge in [0.1, 0.15) is 5.75 Å². The largest absolute Gasteiger partial charge is 0.496 e. The molecule has 0 N–H and O–H groups in total. The molecule has 4 nitrogen and oxygen atoms in total. The molecule has 0 bridgehead atoms. The smallest absolute Gasteiger partial charge is 0.252 e. The lowest BCUT2D eigenvalue weighted by molar-refractivity contribution is -0.117. The van der Waals surface area contributed by atoms with Gasteiger partial charge in [-0.25, -0.2) is 0 Å². The summed E-state index contributed by atoms with van der Waals surface area (Å²) in [5.41, 5.74) is 4.44. The third-order valence-corrected chi connectivity index (χ3v) is 5.82. The normalized spacial score (nSPS) is 11.9. The Kier molecular flexibility index (Phi) is 6.11. The Labute approximate surface area is 164 Å². The van der Waals surface area contributed by atoms with E-state index in [2.05, 4.69) is 30.1 Å². The van der Waals surface area contributed by atoms with Crippen LogP contribution in [0.4, 0.5) is 0 Å². The van der Waals surface area contributed by atoms with Gasteiger partial charge in [0.2, 0.25) is 0 Å². The van der Waals surface area contributed by atoms with E-state index < -0.39 is 0 Å². The molecular weight excluding hydrogens is 356 g/mol. The van der Waals surface area contributed by atoms with Crippen LogP contribution >= 0.6 is 11.3 Å². The van der Waals surface area contributed by atoms with E-state index in [9.17, 15) is 4.79 Å². The van der Waals surface area contributed by atoms with Crippen LogP contribution in [0.1, 0.15) is 36.5 Å². The number of ether oxygens (including phenoxy) is 1. The minimum Gasteiger partial charge on any atom is -0.496 e. The predicted molar refractivity (Wildman–Crippen MR) is 111 cm³/mol. The van der Waals surface area contributed by atoms with Crippen molar-refractivity contribution in [2.75, 3.05) is 7.11 Å². The molecule has 0 saturated carbocycles. The summed E-state index contributed by atoms with van der Waals surface area (Å²) in [6, 6.07) is 12.3. The molecule has 0 atom stereocenters. The van der Waals surface area contributed by atoms with E-state index in [1.54, 1.807) is 18.4 Å². The van der Waals surface area contributed by atoms with Crippen LogP contribution in [0.25, 0.3) is 10.2 Å². The molecule has 0 aliphatic carbocycles. The minimum absolute atomic E-state index is 0.132. The van der Waals surface area contributed by atoms with E-state index >= 15 is 0 Å². The monoisotopic (exact) mass is 382 g/mol. The molecule has 142 valence electrons. The maximum atomic E-state index is 12.5.